The van der Waals surface area contributed by atoms with Gasteiger partial charge in [-0.2, -0.15) is 13.2 Å². The number of hydrogen-bond donors (Lipinski definition) is 1. The van der Waals surface area contributed by atoms with Crippen molar-refractivity contribution in [1.29, 1.82) is 0 Å². The first kappa shape index (κ1) is 17.1. The average molecular weight is 333 g/mol. The molecular formula is C15H18F3NO2S. The Hall–Kier alpha value is -1.21. The third kappa shape index (κ3) is 4.91. The second-order valence-corrected chi connectivity index (χ2v) is 6.48. The zero-order chi connectivity index (χ0) is 16.2. The van der Waals surface area contributed by atoms with E-state index in [4.69, 9.17) is 5.11 Å². The summed E-state index contributed by atoms with van der Waals surface area (Å²) in [6, 6.07) is 7.32. The SMILES string of the molecule is O=C1C(SCc2ccc(CO)cc2)CCCN1CC(F)(F)F. The Labute approximate surface area is 131 Å². The van der Waals surface area contributed by atoms with Gasteiger partial charge in [0.25, 0.3) is 0 Å². The van der Waals surface area contributed by atoms with Crippen LogP contribution in [0.5, 0.6) is 0 Å². The molecule has 0 spiro atoms. The molecule has 3 nitrogen and oxygen atoms in total. The van der Waals surface area contributed by atoms with Crippen LogP contribution in [0.15, 0.2) is 24.3 Å². The van der Waals surface area contributed by atoms with E-state index >= 15 is 0 Å². The average Bonchev–Trinajstić information content (AvgIpc) is 2.47. The summed E-state index contributed by atoms with van der Waals surface area (Å²) in [6.07, 6.45) is -3.13. The fourth-order valence-electron chi connectivity index (χ4n) is 2.37. The van der Waals surface area contributed by atoms with Crippen molar-refractivity contribution in [2.45, 2.75) is 36.6 Å². The van der Waals surface area contributed by atoms with Gasteiger partial charge in [0.05, 0.1) is 11.9 Å². The Morgan fingerprint density at radius 3 is 2.45 bits per heavy atom. The third-order valence-electron chi connectivity index (χ3n) is 3.51. The summed E-state index contributed by atoms with van der Waals surface area (Å²) in [4.78, 5) is 13.0. The molecule has 1 unspecified atom stereocenters. The Morgan fingerprint density at radius 2 is 1.86 bits per heavy atom. The first-order valence-corrected chi connectivity index (χ1v) is 8.10. The standard InChI is InChI=1S/C15H18F3NO2S/c16-15(17,18)10-19-7-1-2-13(14(19)21)22-9-12-5-3-11(8-20)4-6-12/h3-6,13,20H,1-2,7-10H2. The molecule has 22 heavy (non-hydrogen) atoms. The van der Waals surface area contributed by atoms with E-state index in [0.717, 1.165) is 16.0 Å². The Bertz CT molecular complexity index is 505. The van der Waals surface area contributed by atoms with E-state index < -0.39 is 23.9 Å². The van der Waals surface area contributed by atoms with Crippen molar-refractivity contribution in [1.82, 2.24) is 4.90 Å². The van der Waals surface area contributed by atoms with E-state index in [-0.39, 0.29) is 13.2 Å². The van der Waals surface area contributed by atoms with Gasteiger partial charge >= 0.3 is 6.18 Å². The molecule has 1 aromatic carbocycles. The number of piperidine rings is 1. The molecule has 122 valence electrons. The summed E-state index contributed by atoms with van der Waals surface area (Å²) in [5, 5.41) is 8.56. The number of hydrogen-bond acceptors (Lipinski definition) is 3. The lowest BCUT2D eigenvalue weighted by Gasteiger charge is -2.32. The topological polar surface area (TPSA) is 40.5 Å². The van der Waals surface area contributed by atoms with Crippen molar-refractivity contribution in [3.05, 3.63) is 35.4 Å². The van der Waals surface area contributed by atoms with Gasteiger partial charge in [-0.15, -0.1) is 11.8 Å². The van der Waals surface area contributed by atoms with Crippen molar-refractivity contribution in [3.63, 3.8) is 0 Å². The number of thioether (sulfide) groups is 1. The van der Waals surface area contributed by atoms with Crippen LogP contribution in [0.2, 0.25) is 0 Å². The second-order valence-electron chi connectivity index (χ2n) is 5.29. The fraction of sp³-hybridized carbons (Fsp3) is 0.533. The van der Waals surface area contributed by atoms with Gasteiger partial charge in [0, 0.05) is 12.3 Å². The maximum absolute atomic E-state index is 12.4. The number of aliphatic hydroxyl groups is 1. The van der Waals surface area contributed by atoms with E-state index in [1.807, 2.05) is 12.1 Å². The highest BCUT2D eigenvalue weighted by molar-refractivity contribution is 7.99. The first-order valence-electron chi connectivity index (χ1n) is 7.05. The predicted molar refractivity (Wildman–Crippen MR) is 79.3 cm³/mol. The molecule has 1 aliphatic rings. The minimum Gasteiger partial charge on any atom is -0.392 e. The lowest BCUT2D eigenvalue weighted by molar-refractivity contribution is -0.162. The molecule has 0 radical (unpaired) electrons. The highest BCUT2D eigenvalue weighted by Crippen LogP contribution is 2.29. The summed E-state index contributed by atoms with van der Waals surface area (Å²) < 4.78 is 37.3. The summed E-state index contributed by atoms with van der Waals surface area (Å²) >= 11 is 1.38. The van der Waals surface area contributed by atoms with Crippen molar-refractivity contribution >= 4 is 17.7 Å². The van der Waals surface area contributed by atoms with Gasteiger partial charge in [-0.3, -0.25) is 4.79 Å². The van der Waals surface area contributed by atoms with Gasteiger partial charge in [0.1, 0.15) is 6.54 Å². The number of halogens is 3. The number of aliphatic hydroxyl groups excluding tert-OH is 1. The smallest absolute Gasteiger partial charge is 0.392 e. The van der Waals surface area contributed by atoms with Crippen LogP contribution in [-0.4, -0.2) is 40.4 Å². The van der Waals surface area contributed by atoms with E-state index in [0.29, 0.717) is 18.6 Å². The van der Waals surface area contributed by atoms with E-state index in [1.165, 1.54) is 11.8 Å². The monoisotopic (exact) mass is 333 g/mol. The molecule has 1 atom stereocenters. The quantitative estimate of drug-likeness (QED) is 0.901. The van der Waals surface area contributed by atoms with Crippen LogP contribution in [-0.2, 0) is 17.2 Å². The molecule has 1 fully saturated rings. The number of carbonyl (C=O) groups is 1. The summed E-state index contributed by atoms with van der Waals surface area (Å²) in [6.45, 7) is -1.00. The van der Waals surface area contributed by atoms with Gasteiger partial charge < -0.3 is 10.0 Å². The lowest BCUT2D eigenvalue weighted by Crippen LogP contribution is -2.47. The Balaban J connectivity index is 1.89. The van der Waals surface area contributed by atoms with Crippen molar-refractivity contribution < 1.29 is 23.1 Å². The number of carbonyl (C=O) groups excluding carboxylic acids is 1. The maximum Gasteiger partial charge on any atom is 0.406 e. The zero-order valence-electron chi connectivity index (χ0n) is 12.0. The van der Waals surface area contributed by atoms with Crippen LogP contribution in [0, 0.1) is 0 Å². The van der Waals surface area contributed by atoms with Crippen molar-refractivity contribution in [3.8, 4) is 0 Å². The van der Waals surface area contributed by atoms with Gasteiger partial charge in [0.2, 0.25) is 5.91 Å². The highest BCUT2D eigenvalue weighted by atomic mass is 32.2. The van der Waals surface area contributed by atoms with Crippen LogP contribution in [0.1, 0.15) is 24.0 Å². The predicted octanol–water partition coefficient (Wildman–Crippen LogP) is 2.97. The van der Waals surface area contributed by atoms with Gasteiger partial charge in [-0.05, 0) is 24.0 Å². The highest BCUT2D eigenvalue weighted by Gasteiger charge is 2.37. The Kier molecular flexibility index (Phi) is 5.74. The molecule has 1 heterocycles. The number of nitrogens with zero attached hydrogens (tertiary/aromatic N) is 1. The Morgan fingerprint density at radius 1 is 1.23 bits per heavy atom. The molecule has 1 N–H and O–H groups in total. The van der Waals surface area contributed by atoms with Crippen LogP contribution < -0.4 is 0 Å². The number of benzene rings is 1. The van der Waals surface area contributed by atoms with Crippen molar-refractivity contribution in [2.75, 3.05) is 13.1 Å². The van der Waals surface area contributed by atoms with E-state index in [9.17, 15) is 18.0 Å². The number of likely N-dealkylation sites (tertiary alicyclic amines) is 1. The van der Waals surface area contributed by atoms with Crippen LogP contribution in [0.25, 0.3) is 0 Å². The van der Waals surface area contributed by atoms with Gasteiger partial charge in [-0.25, -0.2) is 0 Å². The fourth-order valence-corrected chi connectivity index (χ4v) is 3.58. The molecule has 0 saturated carbocycles. The molecule has 7 heteroatoms. The molecule has 1 amide bonds. The normalized spacial score (nSPS) is 19.5. The minimum absolute atomic E-state index is 0.0268. The van der Waals surface area contributed by atoms with Gasteiger partial charge in [-0.1, -0.05) is 24.3 Å². The largest absolute Gasteiger partial charge is 0.406 e. The molecule has 0 aromatic heterocycles. The molecule has 1 saturated heterocycles. The van der Waals surface area contributed by atoms with Crippen LogP contribution in [0.3, 0.4) is 0 Å². The second kappa shape index (κ2) is 7.37. The molecule has 0 aliphatic carbocycles. The zero-order valence-corrected chi connectivity index (χ0v) is 12.8. The number of alkyl halides is 3. The summed E-state index contributed by atoms with van der Waals surface area (Å²) in [7, 11) is 0. The van der Waals surface area contributed by atoms with Gasteiger partial charge in [0.15, 0.2) is 0 Å². The summed E-state index contributed by atoms with van der Waals surface area (Å²) in [5.41, 5.74) is 1.79. The molecule has 0 bridgehead atoms. The summed E-state index contributed by atoms with van der Waals surface area (Å²) in [5.74, 6) is 0.155. The molecule has 2 rings (SSSR count). The third-order valence-corrected chi connectivity index (χ3v) is 4.85. The molecular weight excluding hydrogens is 315 g/mol. The maximum atomic E-state index is 12.4. The van der Waals surface area contributed by atoms with E-state index in [1.54, 1.807) is 12.1 Å². The van der Waals surface area contributed by atoms with Crippen LogP contribution >= 0.6 is 11.8 Å². The number of amides is 1. The van der Waals surface area contributed by atoms with Crippen LogP contribution in [0.4, 0.5) is 13.2 Å². The molecule has 1 aliphatic heterocycles. The first-order chi connectivity index (χ1) is 10.4. The lowest BCUT2D eigenvalue weighted by atomic mass is 10.1. The van der Waals surface area contributed by atoms with Crippen molar-refractivity contribution in [2.24, 2.45) is 0 Å². The minimum atomic E-state index is -4.34. The van der Waals surface area contributed by atoms with E-state index in [2.05, 4.69) is 0 Å². The molecule has 1 aromatic rings. The number of rotatable bonds is 5.